The van der Waals surface area contributed by atoms with Gasteiger partial charge < -0.3 is 45.7 Å². The minimum Gasteiger partial charge on any atom is -0.398 e. The number of nitrogens with zero attached hydrogens (tertiary/aromatic N) is 2. The van der Waals surface area contributed by atoms with E-state index in [4.69, 9.17) is 45.7 Å². The van der Waals surface area contributed by atoms with Crippen molar-refractivity contribution in [1.29, 1.82) is 0 Å². The monoisotopic (exact) mass is 431 g/mol. The first kappa shape index (κ1) is 31.4. The molecule has 0 spiro atoms. The number of halogens is 4. The van der Waals surface area contributed by atoms with E-state index in [2.05, 4.69) is 10.1 Å². The lowest BCUT2D eigenvalue weighted by atomic mass is 9.95. The molecule has 2 aliphatic rings. The van der Waals surface area contributed by atoms with Crippen LogP contribution in [0.4, 0.5) is 17.3 Å². The van der Waals surface area contributed by atoms with Gasteiger partial charge in [-0.1, -0.05) is 6.08 Å². The molecule has 1 saturated heterocycles. The van der Waals surface area contributed by atoms with Crippen molar-refractivity contribution in [1.82, 2.24) is 5.32 Å². The Labute approximate surface area is 160 Å². The largest absolute Gasteiger partial charge is 0.674 e. The molecule has 0 radical (unpaired) electrons. The van der Waals surface area contributed by atoms with Crippen LogP contribution >= 0.6 is 0 Å². The summed E-state index contributed by atoms with van der Waals surface area (Å²) in [6, 6.07) is 0. The van der Waals surface area contributed by atoms with Crippen molar-refractivity contribution in [3.63, 3.8) is 0 Å². The van der Waals surface area contributed by atoms with Crippen LogP contribution < -0.4 is 5.32 Å². The van der Waals surface area contributed by atoms with E-state index in [-0.39, 0.29) is 11.6 Å². The zero-order chi connectivity index (χ0) is 23.7. The Morgan fingerprint density at radius 2 is 1.21 bits per heavy atom. The van der Waals surface area contributed by atoms with Gasteiger partial charge in [0.25, 0.3) is 5.91 Å². The summed E-state index contributed by atoms with van der Waals surface area (Å²) >= 11 is 0. The second-order valence-corrected chi connectivity index (χ2v) is 4.02. The third-order valence-corrected chi connectivity index (χ3v) is 1.99. The molecule has 2 amide bonds. The fourth-order valence-corrected chi connectivity index (χ4v) is 1.36. The summed E-state index contributed by atoms with van der Waals surface area (Å²) in [7, 11) is -10.7. The number of hydrogen-bond donors (Lipinski definition) is 9. The van der Waals surface area contributed by atoms with Gasteiger partial charge in [0.2, 0.25) is 5.91 Å². The smallest absolute Gasteiger partial charge is 0.398 e. The predicted molar refractivity (Wildman–Crippen MR) is 87.7 cm³/mol. The molecular formula is C8H13B4F4N3O10. The van der Waals surface area contributed by atoms with Gasteiger partial charge in [-0.3, -0.25) is 32.2 Å². The van der Waals surface area contributed by atoms with E-state index in [1.54, 1.807) is 0 Å². The Bertz CT molecular complexity index is 583. The van der Waals surface area contributed by atoms with Crippen LogP contribution in [0.1, 0.15) is 0 Å². The van der Waals surface area contributed by atoms with Gasteiger partial charge in [-0.25, -0.2) is 0 Å². The molecule has 9 N–H and O–H groups in total. The Balaban J connectivity index is -0.000000352. The molecule has 2 rings (SSSR count). The minimum absolute atomic E-state index is 0.274. The van der Waals surface area contributed by atoms with Crippen LogP contribution in [0.15, 0.2) is 23.8 Å². The predicted octanol–water partition coefficient (Wildman–Crippen LogP) is -4.87. The Hall–Kier alpha value is -2.34. The van der Waals surface area contributed by atoms with Crippen LogP contribution in [0, 0.1) is 5.92 Å². The minimum atomic E-state index is -2.67. The van der Waals surface area contributed by atoms with Crippen LogP contribution in [-0.4, -0.2) is 92.1 Å². The van der Waals surface area contributed by atoms with Gasteiger partial charge in [-0.05, 0) is 0 Å². The Kier molecular flexibility index (Phi) is 19.2. The maximum atomic E-state index is 11.1. The number of nitrogens with one attached hydrogen (secondary N) is 1. The number of carbonyl (C=O) groups excluding carboxylic acids is 2. The molecule has 0 aromatic carbocycles. The molecule has 0 aromatic heterocycles. The molecule has 1 atom stereocenters. The lowest BCUT2D eigenvalue weighted by Crippen LogP contribution is -2.21. The van der Waals surface area contributed by atoms with E-state index in [1.165, 1.54) is 18.2 Å². The highest BCUT2D eigenvalue weighted by Gasteiger charge is 2.37. The Morgan fingerprint density at radius 1 is 0.862 bits per heavy atom. The zero-order valence-electron chi connectivity index (χ0n) is 13.9. The quantitative estimate of drug-likeness (QED) is 0.0583. The molecule has 13 nitrogen and oxygen atoms in total. The molecule has 0 aromatic rings. The first-order valence-corrected chi connectivity index (χ1v) is 6.63. The topological polar surface area (TPSA) is 244 Å². The average molecular weight is 430 g/mol. The van der Waals surface area contributed by atoms with Crippen LogP contribution in [0.5, 0.6) is 0 Å². The zero-order valence-corrected chi connectivity index (χ0v) is 13.9. The first-order chi connectivity index (χ1) is 13.1. The molecule has 1 aliphatic heterocycles. The fraction of sp³-hybridized carbons (Fsp3) is 0.125. The van der Waals surface area contributed by atoms with Crippen molar-refractivity contribution in [2.45, 2.75) is 0 Å². The number of carbonyl (C=O) groups is 2. The summed E-state index contributed by atoms with van der Waals surface area (Å²) < 4.78 is 40.4. The van der Waals surface area contributed by atoms with Crippen molar-refractivity contribution < 1.29 is 71.8 Å². The normalized spacial score (nSPS) is 15.0. The van der Waals surface area contributed by atoms with E-state index in [1.807, 2.05) is 0 Å². The summed E-state index contributed by atoms with van der Waals surface area (Å²) in [6.45, 7) is 0. The van der Waals surface area contributed by atoms with Gasteiger partial charge in [0.15, 0.2) is 0 Å². The van der Waals surface area contributed by atoms with Crippen molar-refractivity contribution in [3.05, 3.63) is 29.3 Å². The highest BCUT2D eigenvalue weighted by molar-refractivity contribution is 6.32. The summed E-state index contributed by atoms with van der Waals surface area (Å²) in [4.78, 5) is 25.1. The molecule has 21 heteroatoms. The van der Waals surface area contributed by atoms with E-state index >= 15 is 0 Å². The van der Waals surface area contributed by atoms with Crippen LogP contribution in [0.2, 0.25) is 0 Å². The molecule has 160 valence electrons. The van der Waals surface area contributed by atoms with Crippen LogP contribution in [0.25, 0.3) is 5.53 Å². The standard InChI is InChI=1S/C8H5N3O2.4BFH2O2/c9-11-4-1-2-5-6(3-4)8(13)10-7(5)12;4*2-1(3)4/h1-3,5H,(H,10,12,13);4*3-4H. The maximum absolute atomic E-state index is 11.1. The lowest BCUT2D eigenvalue weighted by Gasteiger charge is -2.02. The van der Waals surface area contributed by atoms with Crippen LogP contribution in [-0.2, 0) is 9.59 Å². The van der Waals surface area contributed by atoms with E-state index in [0.717, 1.165) is 0 Å². The van der Waals surface area contributed by atoms with Gasteiger partial charge in [-0.15, -0.1) is 0 Å². The average Bonchev–Trinajstić information content (AvgIpc) is 2.79. The van der Waals surface area contributed by atoms with Gasteiger partial charge >= 0.3 is 35.3 Å². The second kappa shape index (κ2) is 17.7. The molecule has 1 unspecified atom stereocenters. The molecular weight excluding hydrogens is 417 g/mol. The van der Waals surface area contributed by atoms with Gasteiger partial charge in [-0.2, -0.15) is 4.79 Å². The van der Waals surface area contributed by atoms with Crippen LogP contribution in [0.3, 0.4) is 0 Å². The second-order valence-electron chi connectivity index (χ2n) is 4.02. The lowest BCUT2D eigenvalue weighted by molar-refractivity contribution is -0.125. The van der Waals surface area contributed by atoms with E-state index < -0.39 is 41.4 Å². The highest BCUT2D eigenvalue weighted by Crippen LogP contribution is 2.22. The molecule has 1 heterocycles. The first-order valence-electron chi connectivity index (χ1n) is 6.63. The van der Waals surface area contributed by atoms with Gasteiger partial charge in [0, 0.05) is 17.7 Å². The maximum Gasteiger partial charge on any atom is 0.674 e. The number of allylic oxidation sites excluding steroid dienone is 2. The summed E-state index contributed by atoms with van der Waals surface area (Å²) in [5.74, 6) is -1.26. The fourth-order valence-electron chi connectivity index (χ4n) is 1.36. The van der Waals surface area contributed by atoms with Gasteiger partial charge in [0.1, 0.15) is 0 Å². The van der Waals surface area contributed by atoms with Crippen molar-refractivity contribution in [2.75, 3.05) is 0 Å². The molecule has 0 bridgehead atoms. The van der Waals surface area contributed by atoms with Gasteiger partial charge in [0.05, 0.1) is 5.92 Å². The number of rotatable bonds is 0. The molecule has 1 fully saturated rings. The number of amides is 2. The van der Waals surface area contributed by atoms with Crippen molar-refractivity contribution in [3.8, 4) is 0 Å². The summed E-state index contributed by atoms with van der Waals surface area (Å²) in [6.07, 6.45) is 4.42. The molecule has 1 aliphatic carbocycles. The molecule has 0 saturated carbocycles. The van der Waals surface area contributed by atoms with Crippen molar-refractivity contribution >= 4 is 47.1 Å². The third kappa shape index (κ3) is 23.6. The summed E-state index contributed by atoms with van der Waals surface area (Å²) in [5.41, 5.74) is 9.05. The third-order valence-electron chi connectivity index (χ3n) is 1.99. The van der Waals surface area contributed by atoms with E-state index in [9.17, 15) is 26.9 Å². The molecule has 29 heavy (non-hydrogen) atoms. The summed E-state index contributed by atoms with van der Waals surface area (Å²) in [5, 5.41) is 57.7. The number of fused-ring (bicyclic) bond motifs is 1. The Morgan fingerprint density at radius 3 is 1.52 bits per heavy atom. The number of hydrogen-bond acceptors (Lipinski definition) is 10. The van der Waals surface area contributed by atoms with E-state index in [0.29, 0.717) is 5.57 Å². The SMILES string of the molecule is OB(O)F.OB(O)F.OB(O)F.OB(O)F.[N-]=[N+]=C1C=CC2C(=O)NC(=O)C2=C1. The van der Waals surface area contributed by atoms with Crippen molar-refractivity contribution in [2.24, 2.45) is 5.92 Å². The number of imide groups is 1. The highest BCUT2D eigenvalue weighted by atomic mass is 19.1.